The van der Waals surface area contributed by atoms with Gasteiger partial charge in [0, 0.05) is 6.54 Å². The fraction of sp³-hybridized carbons (Fsp3) is 0.417. The second-order valence-corrected chi connectivity index (χ2v) is 10.6. The summed E-state index contributed by atoms with van der Waals surface area (Å²) in [7, 11) is 0. The molecule has 166 valence electrons. The van der Waals surface area contributed by atoms with Gasteiger partial charge in [-0.2, -0.15) is 4.68 Å². The normalized spacial score (nSPS) is 19.6. The van der Waals surface area contributed by atoms with Crippen molar-refractivity contribution in [1.82, 2.24) is 24.9 Å². The Morgan fingerprint density at radius 2 is 1.94 bits per heavy atom. The Balaban J connectivity index is 1.49. The number of nitrogens with zero attached hydrogens (tertiary/aromatic N) is 5. The Labute approximate surface area is 191 Å². The van der Waals surface area contributed by atoms with Crippen LogP contribution in [-0.2, 0) is 4.74 Å². The minimum atomic E-state index is -0.517. The van der Waals surface area contributed by atoms with Crippen LogP contribution in [0.25, 0.3) is 26.4 Å². The van der Waals surface area contributed by atoms with Gasteiger partial charge in [0.25, 0.3) is 0 Å². The molecule has 0 N–H and O–H groups in total. The number of ether oxygens (including phenoxy) is 1. The van der Waals surface area contributed by atoms with Gasteiger partial charge in [-0.1, -0.05) is 41.7 Å². The van der Waals surface area contributed by atoms with E-state index in [1.54, 1.807) is 16.0 Å². The first-order valence-electron chi connectivity index (χ1n) is 11.0. The van der Waals surface area contributed by atoms with Crippen LogP contribution in [-0.4, -0.2) is 43.1 Å². The maximum Gasteiger partial charge on any atom is 0.410 e. The zero-order valence-corrected chi connectivity index (χ0v) is 19.6. The number of para-hydroxylation sites is 1. The molecule has 1 aliphatic heterocycles. The number of benzene rings is 2. The van der Waals surface area contributed by atoms with Crippen LogP contribution in [0.4, 0.5) is 4.79 Å². The molecule has 1 fully saturated rings. The molecule has 4 aromatic rings. The molecule has 7 nitrogen and oxygen atoms in total. The molecule has 8 heteroatoms. The smallest absolute Gasteiger partial charge is 0.410 e. The highest BCUT2D eigenvalue weighted by Crippen LogP contribution is 2.36. The Bertz CT molecular complexity index is 1290. The van der Waals surface area contributed by atoms with Crippen molar-refractivity contribution in [3.05, 3.63) is 48.0 Å². The first-order chi connectivity index (χ1) is 15.3. The molecule has 1 amide bonds. The number of fused-ring (bicyclic) bond motifs is 2. The summed E-state index contributed by atoms with van der Waals surface area (Å²) < 4.78 is 8.58. The molecule has 2 aromatic heterocycles. The maximum atomic E-state index is 13.0. The van der Waals surface area contributed by atoms with Crippen molar-refractivity contribution in [2.24, 2.45) is 5.92 Å². The maximum absolute atomic E-state index is 13.0. The number of hydrogen-bond donors (Lipinski definition) is 0. The molecule has 1 saturated heterocycles. The molecule has 0 aliphatic carbocycles. The van der Waals surface area contributed by atoms with Crippen molar-refractivity contribution in [2.45, 2.75) is 52.2 Å². The molecule has 0 saturated carbocycles. The summed E-state index contributed by atoms with van der Waals surface area (Å²) in [5.74, 6) is 0.453. The number of aromatic nitrogens is 4. The molecule has 0 unspecified atom stereocenters. The van der Waals surface area contributed by atoms with Gasteiger partial charge in [-0.05, 0) is 69.4 Å². The molecule has 1 aliphatic rings. The number of amides is 1. The number of likely N-dealkylation sites (tertiary alicyclic amines) is 1. The third-order valence-corrected chi connectivity index (χ3v) is 6.78. The lowest BCUT2D eigenvalue weighted by molar-refractivity contribution is 0.00365. The van der Waals surface area contributed by atoms with E-state index >= 15 is 0 Å². The fourth-order valence-electron chi connectivity index (χ4n) is 4.26. The minimum Gasteiger partial charge on any atom is -0.444 e. The number of piperidine rings is 1. The van der Waals surface area contributed by atoms with E-state index < -0.39 is 5.60 Å². The van der Waals surface area contributed by atoms with Crippen LogP contribution in [0.1, 0.15) is 52.1 Å². The Morgan fingerprint density at radius 1 is 1.12 bits per heavy atom. The molecule has 2 atom stereocenters. The molecular weight excluding hydrogens is 422 g/mol. The van der Waals surface area contributed by atoms with Crippen LogP contribution >= 0.6 is 11.3 Å². The van der Waals surface area contributed by atoms with E-state index in [2.05, 4.69) is 35.4 Å². The molecule has 0 radical (unpaired) electrons. The molecule has 0 spiro atoms. The predicted octanol–water partition coefficient (Wildman–Crippen LogP) is 5.74. The van der Waals surface area contributed by atoms with Gasteiger partial charge in [-0.25, -0.2) is 9.78 Å². The van der Waals surface area contributed by atoms with Crippen molar-refractivity contribution in [2.75, 3.05) is 6.54 Å². The van der Waals surface area contributed by atoms with Crippen molar-refractivity contribution < 1.29 is 9.53 Å². The first-order valence-corrected chi connectivity index (χ1v) is 11.8. The average Bonchev–Trinajstić information content (AvgIpc) is 3.35. The van der Waals surface area contributed by atoms with E-state index in [1.165, 1.54) is 0 Å². The highest BCUT2D eigenvalue weighted by atomic mass is 32.1. The monoisotopic (exact) mass is 449 g/mol. The summed E-state index contributed by atoms with van der Waals surface area (Å²) in [5.41, 5.74) is 3.26. The second-order valence-electron chi connectivity index (χ2n) is 9.54. The Kier molecular flexibility index (Phi) is 5.12. The molecule has 2 aromatic carbocycles. The topological polar surface area (TPSA) is 73.1 Å². The van der Waals surface area contributed by atoms with Crippen molar-refractivity contribution in [3.63, 3.8) is 0 Å². The molecule has 3 heterocycles. The van der Waals surface area contributed by atoms with Crippen LogP contribution in [0.5, 0.6) is 0 Å². The highest BCUT2D eigenvalue weighted by molar-refractivity contribution is 7.20. The number of thiazole rings is 1. The van der Waals surface area contributed by atoms with Gasteiger partial charge in [0.1, 0.15) is 11.1 Å². The largest absolute Gasteiger partial charge is 0.444 e. The fourth-order valence-corrected chi connectivity index (χ4v) is 5.17. The molecule has 5 rings (SSSR count). The number of rotatable bonds is 2. The summed E-state index contributed by atoms with van der Waals surface area (Å²) in [5, 5.41) is 9.32. The Hall–Kier alpha value is -3.00. The van der Waals surface area contributed by atoms with Crippen LogP contribution in [0.15, 0.2) is 42.5 Å². The van der Waals surface area contributed by atoms with Gasteiger partial charge < -0.3 is 9.64 Å². The highest BCUT2D eigenvalue weighted by Gasteiger charge is 2.34. The lowest BCUT2D eigenvalue weighted by Crippen LogP contribution is -2.44. The van der Waals surface area contributed by atoms with Gasteiger partial charge in [0.2, 0.25) is 5.13 Å². The van der Waals surface area contributed by atoms with Gasteiger partial charge in [-0.3, -0.25) is 0 Å². The zero-order valence-electron chi connectivity index (χ0n) is 18.8. The minimum absolute atomic E-state index is 0.0113. The number of carbonyl (C=O) groups excluding carboxylic acids is 1. The van der Waals surface area contributed by atoms with Crippen molar-refractivity contribution in [1.29, 1.82) is 0 Å². The second kappa shape index (κ2) is 7.85. The summed E-state index contributed by atoms with van der Waals surface area (Å²) >= 11 is 1.58. The molecular formula is C24H27N5O2S. The average molecular weight is 450 g/mol. The van der Waals surface area contributed by atoms with E-state index in [4.69, 9.17) is 9.72 Å². The van der Waals surface area contributed by atoms with Gasteiger partial charge in [0.05, 0.1) is 21.8 Å². The third-order valence-electron chi connectivity index (χ3n) is 5.76. The summed E-state index contributed by atoms with van der Waals surface area (Å²) in [6.07, 6.45) is 1.74. The summed E-state index contributed by atoms with van der Waals surface area (Å²) in [6.45, 7) is 8.61. The third kappa shape index (κ3) is 3.95. The number of carbonyl (C=O) groups is 1. The Morgan fingerprint density at radius 3 is 2.75 bits per heavy atom. The summed E-state index contributed by atoms with van der Waals surface area (Å²) in [6, 6.07) is 14.2. The lowest BCUT2D eigenvalue weighted by Gasteiger charge is -2.39. The van der Waals surface area contributed by atoms with Crippen LogP contribution in [0, 0.1) is 5.92 Å². The predicted molar refractivity (Wildman–Crippen MR) is 126 cm³/mol. The van der Waals surface area contributed by atoms with Crippen LogP contribution < -0.4 is 0 Å². The van der Waals surface area contributed by atoms with Crippen molar-refractivity contribution >= 4 is 38.7 Å². The van der Waals surface area contributed by atoms with E-state index in [9.17, 15) is 4.79 Å². The van der Waals surface area contributed by atoms with Gasteiger partial charge in [-0.15, -0.1) is 5.10 Å². The van der Waals surface area contributed by atoms with E-state index in [-0.39, 0.29) is 12.1 Å². The quantitative estimate of drug-likeness (QED) is 0.390. The van der Waals surface area contributed by atoms with E-state index in [0.29, 0.717) is 12.5 Å². The van der Waals surface area contributed by atoms with Crippen molar-refractivity contribution in [3.8, 4) is 5.13 Å². The molecule has 0 bridgehead atoms. The standard InChI is InChI=1S/C24H27N5O2S/c1-15-9-11-19(28(14-15)23(30)31-24(2,3)4)16-10-12-21-18(13-16)25-22(32-21)29-20-8-6-5-7-17(20)26-27-29/h5-8,10,12-13,15,19H,9,11,14H2,1-4H3/t15-,19+/m0/s1. The van der Waals surface area contributed by atoms with E-state index in [1.807, 2.05) is 49.9 Å². The summed E-state index contributed by atoms with van der Waals surface area (Å²) in [4.78, 5) is 19.7. The van der Waals surface area contributed by atoms with Gasteiger partial charge >= 0.3 is 6.09 Å². The van der Waals surface area contributed by atoms with Crippen LogP contribution in [0.3, 0.4) is 0 Å². The van der Waals surface area contributed by atoms with Gasteiger partial charge in [0.15, 0.2) is 0 Å². The zero-order chi connectivity index (χ0) is 22.5. The van der Waals surface area contributed by atoms with Crippen LogP contribution in [0.2, 0.25) is 0 Å². The van der Waals surface area contributed by atoms with E-state index in [0.717, 1.165) is 44.8 Å². The SMILES string of the molecule is C[C@H]1CC[C@H](c2ccc3sc(-n4nnc5ccccc54)nc3c2)N(C(=O)OC(C)(C)C)C1. The first kappa shape index (κ1) is 20.9. The lowest BCUT2D eigenvalue weighted by atomic mass is 9.90. The molecule has 32 heavy (non-hydrogen) atoms. The number of hydrogen-bond acceptors (Lipinski definition) is 6.